The predicted octanol–water partition coefficient (Wildman–Crippen LogP) is 3.44. The highest BCUT2D eigenvalue weighted by atomic mass is 28.3. The molecular weight excluding hydrogens is 272 g/mol. The standard InChI is InChI=1S/C18H34N2Si/c1-15(2)20(16(3)4)13-12-19-14-17-8-10-18(11-9-17)21(5,6)7/h8-11,15-16,19H,12-14H2,1-7H3. The smallest absolute Gasteiger partial charge is 0.0775 e. The topological polar surface area (TPSA) is 15.3 Å². The number of hydrogen-bond acceptors (Lipinski definition) is 2. The largest absolute Gasteiger partial charge is 0.311 e. The molecule has 0 bridgehead atoms. The summed E-state index contributed by atoms with van der Waals surface area (Å²) < 4.78 is 0. The fourth-order valence-electron chi connectivity index (χ4n) is 2.68. The Morgan fingerprint density at radius 2 is 1.48 bits per heavy atom. The quantitative estimate of drug-likeness (QED) is 0.584. The summed E-state index contributed by atoms with van der Waals surface area (Å²) >= 11 is 0. The first kappa shape index (κ1) is 18.4. The monoisotopic (exact) mass is 306 g/mol. The molecule has 0 atom stereocenters. The van der Waals surface area contributed by atoms with Crippen LogP contribution in [0.5, 0.6) is 0 Å². The molecule has 0 aliphatic carbocycles. The van der Waals surface area contributed by atoms with E-state index in [1.165, 1.54) is 10.8 Å². The van der Waals surface area contributed by atoms with Gasteiger partial charge in [-0.05, 0) is 33.3 Å². The van der Waals surface area contributed by atoms with Gasteiger partial charge in [0.25, 0.3) is 0 Å². The van der Waals surface area contributed by atoms with Crippen molar-refractivity contribution in [1.82, 2.24) is 10.2 Å². The molecule has 0 spiro atoms. The SMILES string of the molecule is CC(C)N(CCNCc1ccc([Si](C)(C)C)cc1)C(C)C. The average Bonchev–Trinajstić information content (AvgIpc) is 2.37. The molecule has 0 aliphatic heterocycles. The van der Waals surface area contributed by atoms with Gasteiger partial charge in [0.1, 0.15) is 0 Å². The maximum absolute atomic E-state index is 3.57. The second-order valence-electron chi connectivity index (χ2n) is 7.55. The zero-order valence-electron chi connectivity index (χ0n) is 15.0. The van der Waals surface area contributed by atoms with E-state index >= 15 is 0 Å². The Morgan fingerprint density at radius 1 is 0.952 bits per heavy atom. The lowest BCUT2D eigenvalue weighted by molar-refractivity contribution is 0.176. The molecule has 0 heterocycles. The normalized spacial score (nSPS) is 12.7. The summed E-state index contributed by atoms with van der Waals surface area (Å²) in [7, 11) is -1.16. The van der Waals surface area contributed by atoms with Crippen LogP contribution in [0.15, 0.2) is 24.3 Å². The van der Waals surface area contributed by atoms with Gasteiger partial charge in [0.2, 0.25) is 0 Å². The molecule has 0 aliphatic rings. The van der Waals surface area contributed by atoms with Crippen molar-refractivity contribution in [1.29, 1.82) is 0 Å². The summed E-state index contributed by atoms with van der Waals surface area (Å²) in [4.78, 5) is 2.53. The molecule has 0 saturated heterocycles. The van der Waals surface area contributed by atoms with Gasteiger partial charge in [0.05, 0.1) is 8.07 Å². The minimum absolute atomic E-state index is 0.614. The van der Waals surface area contributed by atoms with Crippen LogP contribution < -0.4 is 10.5 Å². The van der Waals surface area contributed by atoms with Crippen molar-refractivity contribution in [2.45, 2.75) is 66.0 Å². The summed E-state index contributed by atoms with van der Waals surface area (Å²) in [6.45, 7) is 19.4. The molecule has 0 aromatic heterocycles. The van der Waals surface area contributed by atoms with E-state index in [9.17, 15) is 0 Å². The van der Waals surface area contributed by atoms with E-state index in [-0.39, 0.29) is 0 Å². The molecule has 1 rings (SSSR count). The molecule has 1 aromatic carbocycles. The van der Waals surface area contributed by atoms with Crippen LogP contribution in [0.1, 0.15) is 33.3 Å². The van der Waals surface area contributed by atoms with Crippen molar-refractivity contribution >= 4 is 13.3 Å². The summed E-state index contributed by atoms with van der Waals surface area (Å²) in [6, 6.07) is 10.4. The van der Waals surface area contributed by atoms with Gasteiger partial charge >= 0.3 is 0 Å². The highest BCUT2D eigenvalue weighted by Crippen LogP contribution is 2.05. The molecule has 21 heavy (non-hydrogen) atoms. The molecule has 1 N–H and O–H groups in total. The van der Waals surface area contributed by atoms with Crippen molar-refractivity contribution in [3.63, 3.8) is 0 Å². The first-order valence-electron chi connectivity index (χ1n) is 8.27. The molecule has 1 aromatic rings. The van der Waals surface area contributed by atoms with Crippen molar-refractivity contribution in [3.8, 4) is 0 Å². The van der Waals surface area contributed by atoms with Gasteiger partial charge < -0.3 is 5.32 Å². The summed E-state index contributed by atoms with van der Waals surface area (Å²) in [5, 5.41) is 5.11. The predicted molar refractivity (Wildman–Crippen MR) is 98.1 cm³/mol. The molecule has 0 fully saturated rings. The van der Waals surface area contributed by atoms with Crippen LogP contribution in [0.3, 0.4) is 0 Å². The third-order valence-electron chi connectivity index (χ3n) is 4.02. The van der Waals surface area contributed by atoms with Crippen LogP contribution in [0.4, 0.5) is 0 Å². The summed E-state index contributed by atoms with van der Waals surface area (Å²) in [5.74, 6) is 0. The lowest BCUT2D eigenvalue weighted by Gasteiger charge is -2.30. The highest BCUT2D eigenvalue weighted by Gasteiger charge is 2.15. The first-order chi connectivity index (χ1) is 9.71. The van der Waals surface area contributed by atoms with Crippen molar-refractivity contribution in [2.24, 2.45) is 0 Å². The maximum Gasteiger partial charge on any atom is 0.0775 e. The molecule has 2 nitrogen and oxygen atoms in total. The van der Waals surface area contributed by atoms with Gasteiger partial charge in [-0.25, -0.2) is 0 Å². The number of nitrogens with zero attached hydrogens (tertiary/aromatic N) is 1. The fourth-order valence-corrected chi connectivity index (χ4v) is 3.84. The van der Waals surface area contributed by atoms with Gasteiger partial charge in [0, 0.05) is 31.7 Å². The minimum Gasteiger partial charge on any atom is -0.311 e. The van der Waals surface area contributed by atoms with Gasteiger partial charge in [0.15, 0.2) is 0 Å². The maximum atomic E-state index is 3.57. The molecular formula is C18H34N2Si. The summed E-state index contributed by atoms with van der Waals surface area (Å²) in [5.41, 5.74) is 1.39. The highest BCUT2D eigenvalue weighted by molar-refractivity contribution is 6.88. The Balaban J connectivity index is 2.39. The Hall–Kier alpha value is -0.643. The zero-order chi connectivity index (χ0) is 16.0. The number of nitrogens with one attached hydrogen (secondary N) is 1. The Bertz CT molecular complexity index is 396. The second-order valence-corrected chi connectivity index (χ2v) is 12.6. The third-order valence-corrected chi connectivity index (χ3v) is 6.09. The van der Waals surface area contributed by atoms with E-state index in [0.29, 0.717) is 12.1 Å². The Labute approximate surface area is 133 Å². The van der Waals surface area contributed by atoms with Crippen LogP contribution in [-0.2, 0) is 6.54 Å². The Kier molecular flexibility index (Phi) is 7.11. The lowest BCUT2D eigenvalue weighted by atomic mass is 10.2. The third kappa shape index (κ3) is 6.33. The van der Waals surface area contributed by atoms with Crippen LogP contribution in [0, 0.1) is 0 Å². The lowest BCUT2D eigenvalue weighted by Crippen LogP contribution is -2.41. The minimum atomic E-state index is -1.16. The van der Waals surface area contributed by atoms with Crippen LogP contribution in [0.2, 0.25) is 19.6 Å². The summed E-state index contributed by atoms with van der Waals surface area (Å²) in [6.07, 6.45) is 0. The van der Waals surface area contributed by atoms with Crippen molar-refractivity contribution in [3.05, 3.63) is 29.8 Å². The van der Waals surface area contributed by atoms with Gasteiger partial charge in [-0.3, -0.25) is 4.90 Å². The van der Waals surface area contributed by atoms with Gasteiger partial charge in [-0.2, -0.15) is 0 Å². The van der Waals surface area contributed by atoms with E-state index in [2.05, 4.69) is 81.8 Å². The zero-order valence-corrected chi connectivity index (χ0v) is 16.0. The number of rotatable bonds is 8. The van der Waals surface area contributed by atoms with Crippen LogP contribution in [-0.4, -0.2) is 38.1 Å². The van der Waals surface area contributed by atoms with Crippen LogP contribution >= 0.6 is 0 Å². The molecule has 0 amide bonds. The second kappa shape index (κ2) is 8.11. The number of hydrogen-bond donors (Lipinski definition) is 1. The average molecular weight is 307 g/mol. The van der Waals surface area contributed by atoms with E-state index in [1.807, 2.05) is 0 Å². The van der Waals surface area contributed by atoms with Crippen molar-refractivity contribution in [2.75, 3.05) is 13.1 Å². The molecule has 0 unspecified atom stereocenters. The van der Waals surface area contributed by atoms with E-state index in [0.717, 1.165) is 19.6 Å². The van der Waals surface area contributed by atoms with Crippen LogP contribution in [0.25, 0.3) is 0 Å². The van der Waals surface area contributed by atoms with E-state index < -0.39 is 8.07 Å². The van der Waals surface area contributed by atoms with E-state index in [4.69, 9.17) is 0 Å². The molecule has 0 radical (unpaired) electrons. The number of benzene rings is 1. The van der Waals surface area contributed by atoms with Gasteiger partial charge in [-0.1, -0.05) is 49.1 Å². The van der Waals surface area contributed by atoms with Gasteiger partial charge in [-0.15, -0.1) is 0 Å². The Morgan fingerprint density at radius 3 is 1.90 bits per heavy atom. The molecule has 120 valence electrons. The molecule has 0 saturated carbocycles. The fraction of sp³-hybridized carbons (Fsp3) is 0.667. The van der Waals surface area contributed by atoms with Crippen molar-refractivity contribution < 1.29 is 0 Å². The van der Waals surface area contributed by atoms with E-state index in [1.54, 1.807) is 0 Å². The molecule has 3 heteroatoms. The first-order valence-corrected chi connectivity index (χ1v) is 11.8.